The SMILES string of the molecule is COc1ccc(C(C)N(C)CC(=O)Nc2cc(NC(C)=O)ccc2OC)cc1. The third kappa shape index (κ3) is 5.72. The minimum atomic E-state index is -0.185. The molecule has 0 aliphatic rings. The Morgan fingerprint density at radius 2 is 1.71 bits per heavy atom. The molecule has 28 heavy (non-hydrogen) atoms. The Morgan fingerprint density at radius 1 is 1.04 bits per heavy atom. The number of likely N-dealkylation sites (N-methyl/N-ethyl adjacent to an activating group) is 1. The molecule has 0 saturated carbocycles. The predicted octanol–water partition coefficient (Wildman–Crippen LogP) is 3.29. The van der Waals surface area contributed by atoms with Gasteiger partial charge in [-0.2, -0.15) is 0 Å². The molecule has 0 aliphatic heterocycles. The van der Waals surface area contributed by atoms with Crippen molar-refractivity contribution in [3.05, 3.63) is 48.0 Å². The molecule has 150 valence electrons. The van der Waals surface area contributed by atoms with Gasteiger partial charge in [0.05, 0.1) is 26.5 Å². The number of carbonyl (C=O) groups is 2. The first-order chi connectivity index (χ1) is 13.3. The van der Waals surface area contributed by atoms with Gasteiger partial charge >= 0.3 is 0 Å². The van der Waals surface area contributed by atoms with E-state index in [1.165, 1.54) is 14.0 Å². The van der Waals surface area contributed by atoms with Crippen molar-refractivity contribution in [2.24, 2.45) is 0 Å². The molecule has 0 heterocycles. The summed E-state index contributed by atoms with van der Waals surface area (Å²) in [5, 5.41) is 5.55. The van der Waals surface area contributed by atoms with Gasteiger partial charge < -0.3 is 20.1 Å². The molecule has 2 aromatic rings. The third-order valence-corrected chi connectivity index (χ3v) is 4.45. The van der Waals surface area contributed by atoms with E-state index in [0.717, 1.165) is 11.3 Å². The molecule has 2 aromatic carbocycles. The zero-order valence-electron chi connectivity index (χ0n) is 16.9. The van der Waals surface area contributed by atoms with E-state index in [2.05, 4.69) is 10.6 Å². The largest absolute Gasteiger partial charge is 0.497 e. The molecule has 2 amide bonds. The summed E-state index contributed by atoms with van der Waals surface area (Å²) in [4.78, 5) is 25.7. The summed E-state index contributed by atoms with van der Waals surface area (Å²) in [5.74, 6) is 0.951. The molecule has 1 atom stereocenters. The van der Waals surface area contributed by atoms with Crippen LogP contribution >= 0.6 is 0 Å². The number of nitrogens with zero attached hydrogens (tertiary/aromatic N) is 1. The van der Waals surface area contributed by atoms with E-state index in [-0.39, 0.29) is 24.4 Å². The molecule has 0 fully saturated rings. The molecule has 0 aliphatic carbocycles. The molecule has 0 aromatic heterocycles. The first kappa shape index (κ1) is 21.2. The number of methoxy groups -OCH3 is 2. The van der Waals surface area contributed by atoms with Crippen LogP contribution in [-0.2, 0) is 9.59 Å². The van der Waals surface area contributed by atoms with Gasteiger partial charge in [0.1, 0.15) is 11.5 Å². The first-order valence-electron chi connectivity index (χ1n) is 8.93. The molecular formula is C21H27N3O4. The summed E-state index contributed by atoms with van der Waals surface area (Å²) in [6.07, 6.45) is 0. The zero-order chi connectivity index (χ0) is 20.7. The molecule has 7 nitrogen and oxygen atoms in total. The summed E-state index contributed by atoms with van der Waals surface area (Å²) in [5.41, 5.74) is 2.18. The molecular weight excluding hydrogens is 358 g/mol. The highest BCUT2D eigenvalue weighted by atomic mass is 16.5. The Bertz CT molecular complexity index is 821. The average molecular weight is 385 g/mol. The highest BCUT2D eigenvalue weighted by Gasteiger charge is 2.16. The van der Waals surface area contributed by atoms with Gasteiger partial charge in [0.25, 0.3) is 0 Å². The van der Waals surface area contributed by atoms with Crippen molar-refractivity contribution in [2.45, 2.75) is 19.9 Å². The van der Waals surface area contributed by atoms with Gasteiger partial charge in [0, 0.05) is 18.7 Å². The van der Waals surface area contributed by atoms with Crippen molar-refractivity contribution >= 4 is 23.2 Å². The second-order valence-electron chi connectivity index (χ2n) is 6.51. The topological polar surface area (TPSA) is 79.9 Å². The number of hydrogen-bond donors (Lipinski definition) is 2. The van der Waals surface area contributed by atoms with Crippen LogP contribution in [0.1, 0.15) is 25.5 Å². The number of nitrogens with one attached hydrogen (secondary N) is 2. The standard InChI is InChI=1S/C21H27N3O4/c1-14(16-6-9-18(27-4)10-7-16)24(3)13-21(26)23-19-12-17(22-15(2)25)8-11-20(19)28-5/h6-12,14H,13H2,1-5H3,(H,22,25)(H,23,26). The number of ether oxygens (including phenoxy) is 2. The first-order valence-corrected chi connectivity index (χ1v) is 8.93. The molecule has 1 unspecified atom stereocenters. The van der Waals surface area contributed by atoms with E-state index in [4.69, 9.17) is 9.47 Å². The molecule has 0 saturated heterocycles. The fourth-order valence-electron chi connectivity index (χ4n) is 2.78. The highest BCUT2D eigenvalue weighted by molar-refractivity contribution is 5.95. The maximum absolute atomic E-state index is 12.5. The van der Waals surface area contributed by atoms with Crippen LogP contribution in [0.3, 0.4) is 0 Å². The Kier molecular flexibility index (Phi) is 7.40. The van der Waals surface area contributed by atoms with Crippen LogP contribution in [0.4, 0.5) is 11.4 Å². The van der Waals surface area contributed by atoms with Crippen LogP contribution in [-0.4, -0.2) is 44.5 Å². The van der Waals surface area contributed by atoms with Crippen LogP contribution in [0, 0.1) is 0 Å². The molecule has 2 rings (SSSR count). The van der Waals surface area contributed by atoms with Crippen molar-refractivity contribution in [3.63, 3.8) is 0 Å². The normalized spacial score (nSPS) is 11.6. The fraction of sp³-hybridized carbons (Fsp3) is 0.333. The number of rotatable bonds is 8. The summed E-state index contributed by atoms with van der Waals surface area (Å²) in [6.45, 7) is 3.66. The Balaban J connectivity index is 2.04. The minimum Gasteiger partial charge on any atom is -0.497 e. The van der Waals surface area contributed by atoms with Crippen LogP contribution in [0.5, 0.6) is 11.5 Å². The number of anilines is 2. The monoisotopic (exact) mass is 385 g/mol. The van der Waals surface area contributed by atoms with Gasteiger partial charge in [-0.25, -0.2) is 0 Å². The summed E-state index contributed by atoms with van der Waals surface area (Å²) in [6, 6.07) is 12.9. The second kappa shape index (κ2) is 9.75. The number of carbonyl (C=O) groups excluding carboxylic acids is 2. The van der Waals surface area contributed by atoms with Gasteiger partial charge in [-0.05, 0) is 49.9 Å². The van der Waals surface area contributed by atoms with E-state index in [0.29, 0.717) is 17.1 Å². The fourth-order valence-corrected chi connectivity index (χ4v) is 2.78. The van der Waals surface area contributed by atoms with Crippen LogP contribution < -0.4 is 20.1 Å². The van der Waals surface area contributed by atoms with E-state index in [1.807, 2.05) is 43.1 Å². The Morgan fingerprint density at radius 3 is 2.29 bits per heavy atom. The second-order valence-corrected chi connectivity index (χ2v) is 6.51. The van der Waals surface area contributed by atoms with E-state index in [9.17, 15) is 9.59 Å². The quantitative estimate of drug-likeness (QED) is 0.729. The summed E-state index contributed by atoms with van der Waals surface area (Å²) in [7, 11) is 5.05. The lowest BCUT2D eigenvalue weighted by Gasteiger charge is -2.25. The third-order valence-electron chi connectivity index (χ3n) is 4.45. The lowest BCUT2D eigenvalue weighted by Crippen LogP contribution is -2.32. The van der Waals surface area contributed by atoms with Crippen molar-refractivity contribution in [2.75, 3.05) is 38.4 Å². The van der Waals surface area contributed by atoms with Crippen molar-refractivity contribution in [1.82, 2.24) is 4.90 Å². The molecule has 0 radical (unpaired) electrons. The van der Waals surface area contributed by atoms with Gasteiger partial charge in [0.15, 0.2) is 0 Å². The van der Waals surface area contributed by atoms with Crippen molar-refractivity contribution < 1.29 is 19.1 Å². The molecule has 0 bridgehead atoms. The molecule has 7 heteroatoms. The molecule has 2 N–H and O–H groups in total. The number of benzene rings is 2. The lowest BCUT2D eigenvalue weighted by molar-refractivity contribution is -0.117. The van der Waals surface area contributed by atoms with Crippen molar-refractivity contribution in [1.29, 1.82) is 0 Å². The highest BCUT2D eigenvalue weighted by Crippen LogP contribution is 2.28. The van der Waals surface area contributed by atoms with Crippen LogP contribution in [0.25, 0.3) is 0 Å². The number of amides is 2. The maximum atomic E-state index is 12.5. The molecule has 0 spiro atoms. The average Bonchev–Trinajstić information content (AvgIpc) is 2.67. The summed E-state index contributed by atoms with van der Waals surface area (Å²) >= 11 is 0. The van der Waals surface area contributed by atoms with Crippen LogP contribution in [0.2, 0.25) is 0 Å². The maximum Gasteiger partial charge on any atom is 0.238 e. The van der Waals surface area contributed by atoms with E-state index in [1.54, 1.807) is 25.3 Å². The van der Waals surface area contributed by atoms with Gasteiger partial charge in [-0.1, -0.05) is 12.1 Å². The minimum absolute atomic E-state index is 0.0456. The lowest BCUT2D eigenvalue weighted by atomic mass is 10.1. The number of hydrogen-bond acceptors (Lipinski definition) is 5. The summed E-state index contributed by atoms with van der Waals surface area (Å²) < 4.78 is 10.5. The van der Waals surface area contributed by atoms with Gasteiger partial charge in [-0.15, -0.1) is 0 Å². The Hall–Kier alpha value is -3.06. The van der Waals surface area contributed by atoms with Gasteiger partial charge in [-0.3, -0.25) is 14.5 Å². The zero-order valence-corrected chi connectivity index (χ0v) is 16.9. The smallest absolute Gasteiger partial charge is 0.238 e. The van der Waals surface area contributed by atoms with E-state index >= 15 is 0 Å². The van der Waals surface area contributed by atoms with Crippen molar-refractivity contribution in [3.8, 4) is 11.5 Å². The van der Waals surface area contributed by atoms with E-state index < -0.39 is 0 Å². The predicted molar refractivity (Wildman–Crippen MR) is 110 cm³/mol. The van der Waals surface area contributed by atoms with Crippen LogP contribution in [0.15, 0.2) is 42.5 Å². The Labute approximate surface area is 165 Å². The van der Waals surface area contributed by atoms with Gasteiger partial charge in [0.2, 0.25) is 11.8 Å².